The number of hydrogen-bond acceptors (Lipinski definition) is 11. The van der Waals surface area contributed by atoms with Gasteiger partial charge in [0.2, 0.25) is 11.9 Å². The monoisotopic (exact) mass is 617 g/mol. The molecule has 1 saturated heterocycles. The number of ether oxygens (including phenoxy) is 5. The zero-order valence-electron chi connectivity index (χ0n) is 22.2. The molecule has 212 valence electrons. The molecule has 0 radical (unpaired) electrons. The van der Waals surface area contributed by atoms with Gasteiger partial charge in [-0.1, -0.05) is 34.1 Å². The van der Waals surface area contributed by atoms with Crippen LogP contribution in [0.1, 0.15) is 49.9 Å². The SMILES string of the molecule is CC(=O)OC[C@H]1O[C@@](O)(c2ccc(C#N)c(Cc3ccc(Br)cc3)c2)[C@H](OC(C)=O)[C@@H](OC(C)=O)[C@@H]1OC(C)=O. The van der Waals surface area contributed by atoms with Gasteiger partial charge in [0.05, 0.1) is 11.6 Å². The number of nitrogens with zero attached hydrogens (tertiary/aromatic N) is 1. The fraction of sp³-hybridized carbons (Fsp3) is 0.393. The third-order valence-electron chi connectivity index (χ3n) is 6.00. The first kappa shape index (κ1) is 30.7. The van der Waals surface area contributed by atoms with Crippen molar-refractivity contribution < 1.29 is 48.0 Å². The molecule has 0 aliphatic carbocycles. The Morgan fingerprint density at radius 2 is 1.52 bits per heavy atom. The first-order chi connectivity index (χ1) is 18.8. The molecular formula is C28H28BrNO10. The van der Waals surface area contributed by atoms with Crippen LogP contribution in [-0.4, -0.2) is 60.0 Å². The molecule has 2 aromatic carbocycles. The van der Waals surface area contributed by atoms with Gasteiger partial charge in [-0.25, -0.2) is 0 Å². The van der Waals surface area contributed by atoms with E-state index < -0.39 is 60.7 Å². The molecule has 5 atom stereocenters. The topological polar surface area (TPSA) is 158 Å². The van der Waals surface area contributed by atoms with Gasteiger partial charge in [-0.3, -0.25) is 19.2 Å². The Morgan fingerprint density at radius 1 is 0.925 bits per heavy atom. The van der Waals surface area contributed by atoms with Gasteiger partial charge in [-0.15, -0.1) is 0 Å². The molecule has 1 aliphatic heterocycles. The fourth-order valence-electron chi connectivity index (χ4n) is 4.41. The number of carbonyl (C=O) groups is 4. The zero-order chi connectivity index (χ0) is 29.6. The van der Waals surface area contributed by atoms with E-state index >= 15 is 0 Å². The molecule has 0 saturated carbocycles. The van der Waals surface area contributed by atoms with Crippen molar-refractivity contribution in [2.45, 2.75) is 64.3 Å². The van der Waals surface area contributed by atoms with Gasteiger partial charge in [0.1, 0.15) is 12.7 Å². The number of nitriles is 1. The second kappa shape index (κ2) is 13.0. The van der Waals surface area contributed by atoms with Crippen molar-refractivity contribution in [2.75, 3.05) is 6.61 Å². The van der Waals surface area contributed by atoms with Crippen LogP contribution in [0.25, 0.3) is 0 Å². The van der Waals surface area contributed by atoms with E-state index in [1.165, 1.54) is 18.2 Å². The summed E-state index contributed by atoms with van der Waals surface area (Å²) in [6.07, 6.45) is -5.75. The van der Waals surface area contributed by atoms with E-state index in [-0.39, 0.29) is 5.56 Å². The van der Waals surface area contributed by atoms with E-state index in [1.807, 2.05) is 24.3 Å². The van der Waals surface area contributed by atoms with Crippen molar-refractivity contribution in [3.8, 4) is 6.07 Å². The standard InChI is InChI=1S/C28H28BrNO10/c1-15(31)36-14-24-25(37-16(2)32)26(38-17(3)33)27(39-18(4)34)28(35,40-24)22-8-7-20(13-30)21(12-22)11-19-5-9-23(29)10-6-19/h5-10,12,24-27,35H,11,14H2,1-4H3/t24-,25-,26+,27-,28+/m1/s1. The summed E-state index contributed by atoms with van der Waals surface area (Å²) in [6.45, 7) is 3.92. The van der Waals surface area contributed by atoms with Crippen LogP contribution in [0.15, 0.2) is 46.9 Å². The summed E-state index contributed by atoms with van der Waals surface area (Å²) in [7, 11) is 0. The molecule has 0 unspecified atom stereocenters. The second-order valence-electron chi connectivity index (χ2n) is 9.12. The summed E-state index contributed by atoms with van der Waals surface area (Å²) in [5.74, 6) is -5.65. The third kappa shape index (κ3) is 7.44. The molecule has 1 heterocycles. The summed E-state index contributed by atoms with van der Waals surface area (Å²) in [4.78, 5) is 47.8. The lowest BCUT2D eigenvalue weighted by Crippen LogP contribution is -2.66. The van der Waals surface area contributed by atoms with Crippen molar-refractivity contribution in [1.82, 2.24) is 0 Å². The largest absolute Gasteiger partial charge is 0.463 e. The first-order valence-electron chi connectivity index (χ1n) is 12.2. The molecular weight excluding hydrogens is 590 g/mol. The van der Waals surface area contributed by atoms with Crippen LogP contribution in [-0.2, 0) is 55.1 Å². The lowest BCUT2D eigenvalue weighted by Gasteiger charge is -2.48. The highest BCUT2D eigenvalue weighted by atomic mass is 79.9. The van der Waals surface area contributed by atoms with Crippen LogP contribution in [0, 0.1) is 11.3 Å². The van der Waals surface area contributed by atoms with Gasteiger partial charge in [0.15, 0.2) is 12.2 Å². The van der Waals surface area contributed by atoms with Crippen molar-refractivity contribution in [3.05, 3.63) is 69.2 Å². The third-order valence-corrected chi connectivity index (χ3v) is 6.53. The Balaban J connectivity index is 2.17. The Kier molecular flexibility index (Phi) is 10.0. The van der Waals surface area contributed by atoms with Gasteiger partial charge in [0, 0.05) is 37.7 Å². The number of halogens is 1. The molecule has 1 fully saturated rings. The number of benzene rings is 2. The average Bonchev–Trinajstić information content (AvgIpc) is 2.87. The van der Waals surface area contributed by atoms with E-state index in [2.05, 4.69) is 22.0 Å². The van der Waals surface area contributed by atoms with Crippen LogP contribution in [0.5, 0.6) is 0 Å². The minimum Gasteiger partial charge on any atom is -0.463 e. The van der Waals surface area contributed by atoms with E-state index in [4.69, 9.17) is 23.7 Å². The van der Waals surface area contributed by atoms with Gasteiger partial charge < -0.3 is 28.8 Å². The minimum atomic E-state index is -2.49. The summed E-state index contributed by atoms with van der Waals surface area (Å²) >= 11 is 3.38. The van der Waals surface area contributed by atoms with Crippen molar-refractivity contribution in [1.29, 1.82) is 5.26 Å². The molecule has 12 heteroatoms. The molecule has 1 N–H and O–H groups in total. The second-order valence-corrected chi connectivity index (χ2v) is 10.0. The Labute approximate surface area is 239 Å². The number of esters is 4. The highest BCUT2D eigenvalue weighted by molar-refractivity contribution is 9.10. The summed E-state index contributed by atoms with van der Waals surface area (Å²) in [5, 5.41) is 21.8. The van der Waals surface area contributed by atoms with E-state index in [1.54, 1.807) is 0 Å². The van der Waals surface area contributed by atoms with E-state index in [0.717, 1.165) is 37.7 Å². The number of rotatable bonds is 8. The summed E-state index contributed by atoms with van der Waals surface area (Å²) in [6, 6.07) is 13.9. The average molecular weight is 618 g/mol. The maximum Gasteiger partial charge on any atom is 0.303 e. The summed E-state index contributed by atoms with van der Waals surface area (Å²) in [5.41, 5.74) is 1.76. The molecule has 0 amide bonds. The number of carbonyl (C=O) groups excluding carboxylic acids is 4. The van der Waals surface area contributed by atoms with Crippen LogP contribution in [0.3, 0.4) is 0 Å². The predicted molar refractivity (Wildman–Crippen MR) is 140 cm³/mol. The highest BCUT2D eigenvalue weighted by Crippen LogP contribution is 2.41. The van der Waals surface area contributed by atoms with Gasteiger partial charge in [-0.05, 0) is 41.8 Å². The molecule has 0 aromatic heterocycles. The lowest BCUT2D eigenvalue weighted by atomic mass is 9.85. The van der Waals surface area contributed by atoms with Gasteiger partial charge in [0.25, 0.3) is 0 Å². The van der Waals surface area contributed by atoms with Crippen LogP contribution >= 0.6 is 15.9 Å². The number of hydrogen-bond donors (Lipinski definition) is 1. The van der Waals surface area contributed by atoms with Crippen molar-refractivity contribution in [3.63, 3.8) is 0 Å². The first-order valence-corrected chi connectivity index (χ1v) is 13.0. The maximum absolute atomic E-state index is 12.2. The minimum absolute atomic E-state index is 0.0520. The molecule has 0 bridgehead atoms. The number of aliphatic hydroxyl groups is 1. The van der Waals surface area contributed by atoms with E-state index in [9.17, 15) is 29.5 Å². The molecule has 1 aliphatic rings. The summed E-state index contributed by atoms with van der Waals surface area (Å²) < 4.78 is 28.1. The maximum atomic E-state index is 12.2. The molecule has 40 heavy (non-hydrogen) atoms. The molecule has 11 nitrogen and oxygen atoms in total. The predicted octanol–water partition coefficient (Wildman–Crippen LogP) is 2.81. The van der Waals surface area contributed by atoms with Crippen LogP contribution in [0.2, 0.25) is 0 Å². The van der Waals surface area contributed by atoms with Gasteiger partial charge in [-0.2, -0.15) is 5.26 Å². The quantitative estimate of drug-likeness (QED) is 0.343. The van der Waals surface area contributed by atoms with Crippen LogP contribution in [0.4, 0.5) is 0 Å². The van der Waals surface area contributed by atoms with Crippen LogP contribution < -0.4 is 0 Å². The smallest absolute Gasteiger partial charge is 0.303 e. The normalized spacial score (nSPS) is 23.8. The van der Waals surface area contributed by atoms with Crippen molar-refractivity contribution in [2.24, 2.45) is 0 Å². The molecule has 0 spiro atoms. The molecule has 2 aromatic rings. The Hall–Kier alpha value is -3.79. The molecule has 3 rings (SSSR count). The Bertz CT molecular complexity index is 1320. The van der Waals surface area contributed by atoms with Gasteiger partial charge >= 0.3 is 23.9 Å². The highest BCUT2D eigenvalue weighted by Gasteiger charge is 2.60. The lowest BCUT2D eigenvalue weighted by molar-refractivity contribution is -0.360. The fourth-order valence-corrected chi connectivity index (χ4v) is 4.67. The van der Waals surface area contributed by atoms with E-state index in [0.29, 0.717) is 17.5 Å². The zero-order valence-corrected chi connectivity index (χ0v) is 23.8. The Morgan fingerprint density at radius 3 is 2.08 bits per heavy atom. The van der Waals surface area contributed by atoms with Crippen molar-refractivity contribution >= 4 is 39.8 Å².